The van der Waals surface area contributed by atoms with Crippen molar-refractivity contribution in [3.63, 3.8) is 0 Å². The largest absolute Gasteiger partial charge is 0.465 e. The first-order valence-electron chi connectivity index (χ1n) is 6.50. The summed E-state index contributed by atoms with van der Waals surface area (Å²) in [6.07, 6.45) is 1.13. The van der Waals surface area contributed by atoms with Crippen LogP contribution in [0.1, 0.15) is 23.7 Å². The Morgan fingerprint density at radius 1 is 1.58 bits per heavy atom. The van der Waals surface area contributed by atoms with Gasteiger partial charge in [0.2, 0.25) is 0 Å². The third-order valence-electron chi connectivity index (χ3n) is 3.38. The maximum atomic E-state index is 11.9. The molecule has 1 aromatic carbocycles. The van der Waals surface area contributed by atoms with Gasteiger partial charge in [0.05, 0.1) is 24.0 Å². The van der Waals surface area contributed by atoms with E-state index in [1.54, 1.807) is 12.1 Å². The number of benzene rings is 1. The highest BCUT2D eigenvalue weighted by molar-refractivity contribution is 8.00. The van der Waals surface area contributed by atoms with E-state index in [1.807, 2.05) is 17.8 Å². The van der Waals surface area contributed by atoms with Gasteiger partial charge in [0.15, 0.2) is 0 Å². The molecule has 1 aliphatic heterocycles. The van der Waals surface area contributed by atoms with Crippen molar-refractivity contribution in [3.8, 4) is 0 Å². The van der Waals surface area contributed by atoms with Crippen molar-refractivity contribution in [2.45, 2.75) is 18.6 Å². The van der Waals surface area contributed by atoms with E-state index < -0.39 is 0 Å². The van der Waals surface area contributed by atoms with Crippen LogP contribution in [0.3, 0.4) is 0 Å². The predicted octanol–water partition coefficient (Wildman–Crippen LogP) is 2.39. The highest BCUT2D eigenvalue weighted by Crippen LogP contribution is 2.32. The minimum absolute atomic E-state index is 0.325. The summed E-state index contributed by atoms with van der Waals surface area (Å²) in [5, 5.41) is 0.596. The first-order chi connectivity index (χ1) is 9.17. The summed E-state index contributed by atoms with van der Waals surface area (Å²) < 4.78 is 4.85. The van der Waals surface area contributed by atoms with Crippen LogP contribution in [-0.4, -0.2) is 37.2 Å². The Balaban J connectivity index is 2.34. The summed E-state index contributed by atoms with van der Waals surface area (Å²) in [7, 11) is 1.40. The highest BCUT2D eigenvalue weighted by atomic mass is 32.2. The molecule has 0 aliphatic carbocycles. The minimum atomic E-state index is -0.325. The molecule has 1 atom stereocenters. The van der Waals surface area contributed by atoms with Crippen LogP contribution in [-0.2, 0) is 4.74 Å². The van der Waals surface area contributed by atoms with Crippen molar-refractivity contribution in [1.29, 1.82) is 0 Å². The van der Waals surface area contributed by atoms with Crippen molar-refractivity contribution < 1.29 is 9.53 Å². The van der Waals surface area contributed by atoms with Crippen LogP contribution in [0, 0.1) is 0 Å². The summed E-state index contributed by atoms with van der Waals surface area (Å²) in [6.45, 7) is 4.04. The van der Waals surface area contributed by atoms with E-state index in [9.17, 15) is 4.79 Å². The van der Waals surface area contributed by atoms with Gasteiger partial charge in [-0.05, 0) is 18.6 Å². The Kier molecular flexibility index (Phi) is 4.58. The molecule has 19 heavy (non-hydrogen) atoms. The first kappa shape index (κ1) is 14.1. The van der Waals surface area contributed by atoms with E-state index in [2.05, 4.69) is 11.8 Å². The smallest absolute Gasteiger partial charge is 0.340 e. The zero-order valence-electron chi connectivity index (χ0n) is 11.4. The second kappa shape index (κ2) is 6.19. The van der Waals surface area contributed by atoms with Gasteiger partial charge < -0.3 is 15.4 Å². The molecule has 0 saturated carbocycles. The second-order valence-electron chi connectivity index (χ2n) is 4.58. The number of hydrogen-bond acceptors (Lipinski definition) is 5. The van der Waals surface area contributed by atoms with E-state index >= 15 is 0 Å². The summed E-state index contributed by atoms with van der Waals surface area (Å²) in [5.41, 5.74) is 8.10. The van der Waals surface area contributed by atoms with Gasteiger partial charge in [-0.1, -0.05) is 13.0 Å². The number of hydrogen-bond donors (Lipinski definition) is 1. The number of anilines is 2. The van der Waals surface area contributed by atoms with Crippen molar-refractivity contribution in [3.05, 3.63) is 23.8 Å². The van der Waals surface area contributed by atoms with Crippen LogP contribution >= 0.6 is 11.8 Å². The van der Waals surface area contributed by atoms with Crippen LogP contribution in [0.2, 0.25) is 0 Å². The van der Waals surface area contributed by atoms with E-state index in [0.717, 1.165) is 31.0 Å². The van der Waals surface area contributed by atoms with Crippen molar-refractivity contribution >= 4 is 29.1 Å². The molecule has 4 nitrogen and oxygen atoms in total. The fourth-order valence-electron chi connectivity index (χ4n) is 2.36. The van der Waals surface area contributed by atoms with Gasteiger partial charge in [0, 0.05) is 24.1 Å². The molecule has 1 fully saturated rings. The Morgan fingerprint density at radius 2 is 2.37 bits per heavy atom. The molecule has 2 N–H and O–H groups in total. The third-order valence-corrected chi connectivity index (χ3v) is 4.75. The summed E-state index contributed by atoms with van der Waals surface area (Å²) >= 11 is 1.99. The molecule has 0 spiro atoms. The van der Waals surface area contributed by atoms with Crippen molar-refractivity contribution in [1.82, 2.24) is 0 Å². The monoisotopic (exact) mass is 280 g/mol. The van der Waals surface area contributed by atoms with Crippen LogP contribution in [0.4, 0.5) is 11.4 Å². The van der Waals surface area contributed by atoms with Crippen LogP contribution in [0.15, 0.2) is 18.2 Å². The lowest BCUT2D eigenvalue weighted by molar-refractivity contribution is 0.0601. The lowest BCUT2D eigenvalue weighted by Gasteiger charge is -2.35. The molecule has 1 unspecified atom stereocenters. The number of para-hydroxylation sites is 1. The van der Waals surface area contributed by atoms with E-state index in [0.29, 0.717) is 16.5 Å². The van der Waals surface area contributed by atoms with Gasteiger partial charge in [-0.3, -0.25) is 0 Å². The van der Waals surface area contributed by atoms with E-state index in [4.69, 9.17) is 10.5 Å². The van der Waals surface area contributed by atoms with Gasteiger partial charge in [-0.15, -0.1) is 0 Å². The van der Waals surface area contributed by atoms with Gasteiger partial charge in [0.25, 0.3) is 0 Å². The number of esters is 1. The van der Waals surface area contributed by atoms with Crippen LogP contribution in [0.5, 0.6) is 0 Å². The maximum absolute atomic E-state index is 11.9. The average Bonchev–Trinajstić information content (AvgIpc) is 2.46. The summed E-state index contributed by atoms with van der Waals surface area (Å²) in [4.78, 5) is 14.1. The van der Waals surface area contributed by atoms with Gasteiger partial charge in [-0.25, -0.2) is 4.79 Å². The van der Waals surface area contributed by atoms with Gasteiger partial charge >= 0.3 is 5.97 Å². The zero-order chi connectivity index (χ0) is 13.8. The molecule has 5 heteroatoms. The normalized spacial score (nSPS) is 19.3. The third kappa shape index (κ3) is 2.97. The van der Waals surface area contributed by atoms with Crippen molar-refractivity contribution in [2.75, 3.05) is 36.6 Å². The van der Waals surface area contributed by atoms with E-state index in [1.165, 1.54) is 7.11 Å². The van der Waals surface area contributed by atoms with Gasteiger partial charge in [-0.2, -0.15) is 11.8 Å². The number of carbonyl (C=O) groups excluding carboxylic acids is 1. The Labute approximate surface area is 118 Å². The molecule has 0 amide bonds. The number of ether oxygens (including phenoxy) is 1. The molecular formula is C14H20N2O2S. The van der Waals surface area contributed by atoms with Crippen molar-refractivity contribution in [2.24, 2.45) is 0 Å². The number of carbonyl (C=O) groups is 1. The maximum Gasteiger partial charge on any atom is 0.340 e. The molecule has 0 bridgehead atoms. The number of nitrogens with zero attached hydrogens (tertiary/aromatic N) is 1. The zero-order valence-corrected chi connectivity index (χ0v) is 12.2. The molecule has 0 aromatic heterocycles. The molecule has 104 valence electrons. The van der Waals surface area contributed by atoms with Gasteiger partial charge in [0.1, 0.15) is 0 Å². The molecular weight excluding hydrogens is 260 g/mol. The predicted molar refractivity (Wildman–Crippen MR) is 80.9 cm³/mol. The number of nitrogens with two attached hydrogens (primary N) is 1. The standard InChI is InChI=1S/C14H20N2O2S/c1-3-10-9-16(7-8-19-10)13-11(14(17)18-2)5-4-6-12(13)15/h4-6,10H,3,7-9,15H2,1-2H3. The second-order valence-corrected chi connectivity index (χ2v) is 5.99. The Bertz CT molecular complexity index is 465. The van der Waals surface area contributed by atoms with Crippen LogP contribution < -0.4 is 10.6 Å². The first-order valence-corrected chi connectivity index (χ1v) is 7.55. The molecule has 1 aromatic rings. The number of methoxy groups -OCH3 is 1. The molecule has 1 heterocycles. The number of nitrogen functional groups attached to an aromatic ring is 1. The van der Waals surface area contributed by atoms with Crippen LogP contribution in [0.25, 0.3) is 0 Å². The average molecular weight is 280 g/mol. The number of thioether (sulfide) groups is 1. The molecule has 1 saturated heterocycles. The Morgan fingerprint density at radius 3 is 3.05 bits per heavy atom. The molecule has 2 rings (SSSR count). The Hall–Kier alpha value is -1.36. The lowest BCUT2D eigenvalue weighted by Crippen LogP contribution is -2.39. The fraction of sp³-hybridized carbons (Fsp3) is 0.500. The quantitative estimate of drug-likeness (QED) is 0.680. The minimum Gasteiger partial charge on any atom is -0.465 e. The SMILES string of the molecule is CCC1CN(c2c(N)cccc2C(=O)OC)CCS1. The number of rotatable bonds is 3. The molecule has 1 aliphatic rings. The summed E-state index contributed by atoms with van der Waals surface area (Å²) in [6, 6.07) is 5.41. The fourth-order valence-corrected chi connectivity index (χ4v) is 3.54. The van der Waals surface area contributed by atoms with E-state index in [-0.39, 0.29) is 5.97 Å². The molecule has 0 radical (unpaired) electrons. The summed E-state index contributed by atoms with van der Waals surface area (Å²) in [5.74, 6) is 0.738. The highest BCUT2D eigenvalue weighted by Gasteiger charge is 2.25. The lowest BCUT2D eigenvalue weighted by atomic mass is 10.1. The topological polar surface area (TPSA) is 55.6 Å².